The number of carbonyl (C=O) groups is 2. The standard InChI is InChI=1S/C17H19NO5S/c1-5-11-10-17(15(19)22-3,16(20)23-4)14(24)18(11)12-6-8-13(21-2)9-7-12/h5-9,11H,1,10H2,2-4H3. The third-order valence-electron chi connectivity index (χ3n) is 4.12. The van der Waals surface area contributed by atoms with Crippen LogP contribution in [0.2, 0.25) is 0 Å². The summed E-state index contributed by atoms with van der Waals surface area (Å²) in [6.07, 6.45) is 1.75. The fourth-order valence-corrected chi connectivity index (χ4v) is 3.35. The van der Waals surface area contributed by atoms with Crippen LogP contribution in [-0.4, -0.2) is 44.3 Å². The second kappa shape index (κ2) is 7.00. The number of hydrogen-bond donors (Lipinski definition) is 0. The van der Waals surface area contributed by atoms with E-state index in [4.69, 9.17) is 26.4 Å². The van der Waals surface area contributed by atoms with Crippen molar-refractivity contribution in [3.8, 4) is 5.75 Å². The van der Waals surface area contributed by atoms with Crippen molar-refractivity contribution in [1.29, 1.82) is 0 Å². The third-order valence-corrected chi connectivity index (χ3v) is 4.67. The molecule has 0 amide bonds. The van der Waals surface area contributed by atoms with Crippen molar-refractivity contribution in [3.63, 3.8) is 0 Å². The van der Waals surface area contributed by atoms with E-state index in [1.54, 1.807) is 42.4 Å². The van der Waals surface area contributed by atoms with Gasteiger partial charge in [-0.1, -0.05) is 18.3 Å². The summed E-state index contributed by atoms with van der Waals surface area (Å²) in [6, 6.07) is 6.80. The molecule has 1 aliphatic heterocycles. The third kappa shape index (κ3) is 2.65. The molecule has 1 saturated heterocycles. The zero-order valence-electron chi connectivity index (χ0n) is 13.8. The van der Waals surface area contributed by atoms with Crippen LogP contribution in [0.25, 0.3) is 0 Å². The first kappa shape index (κ1) is 17.9. The van der Waals surface area contributed by atoms with Crippen molar-refractivity contribution in [2.45, 2.75) is 12.5 Å². The first-order chi connectivity index (χ1) is 11.5. The molecule has 0 aliphatic carbocycles. The van der Waals surface area contributed by atoms with Crippen LogP contribution in [0, 0.1) is 5.41 Å². The lowest BCUT2D eigenvalue weighted by atomic mass is 9.85. The van der Waals surface area contributed by atoms with Gasteiger partial charge in [0.25, 0.3) is 0 Å². The van der Waals surface area contributed by atoms with E-state index in [0.29, 0.717) is 5.75 Å². The molecule has 0 saturated carbocycles. The highest BCUT2D eigenvalue weighted by atomic mass is 32.1. The van der Waals surface area contributed by atoms with Crippen molar-refractivity contribution in [2.75, 3.05) is 26.2 Å². The SMILES string of the molecule is C=CC1CC(C(=O)OC)(C(=O)OC)C(=S)N1c1ccc(OC)cc1. The van der Waals surface area contributed by atoms with Gasteiger partial charge in [0.05, 0.1) is 27.4 Å². The van der Waals surface area contributed by atoms with Crippen LogP contribution in [0.3, 0.4) is 0 Å². The van der Waals surface area contributed by atoms with Crippen LogP contribution < -0.4 is 9.64 Å². The largest absolute Gasteiger partial charge is 0.497 e. The second-order valence-corrected chi connectivity index (χ2v) is 5.66. The van der Waals surface area contributed by atoms with Crippen LogP contribution in [0.15, 0.2) is 36.9 Å². The predicted molar refractivity (Wildman–Crippen MR) is 93.1 cm³/mol. The molecule has 1 heterocycles. The fraction of sp³-hybridized carbons (Fsp3) is 0.353. The quantitative estimate of drug-likeness (QED) is 0.349. The first-order valence-electron chi connectivity index (χ1n) is 7.23. The number of hydrogen-bond acceptors (Lipinski definition) is 6. The zero-order chi connectivity index (χ0) is 17.9. The highest BCUT2D eigenvalue weighted by Gasteiger charge is 2.60. The Balaban J connectivity index is 2.52. The normalized spacial score (nSPS) is 18.9. The molecule has 1 aliphatic rings. The number of benzene rings is 1. The summed E-state index contributed by atoms with van der Waals surface area (Å²) in [5, 5.41) is 0. The number of methoxy groups -OCH3 is 3. The predicted octanol–water partition coefficient (Wildman–Crippen LogP) is 2.12. The van der Waals surface area contributed by atoms with E-state index in [2.05, 4.69) is 6.58 Å². The van der Waals surface area contributed by atoms with Gasteiger partial charge in [-0.25, -0.2) is 0 Å². The molecule has 1 unspecified atom stereocenters. The van der Waals surface area contributed by atoms with Crippen molar-refractivity contribution in [3.05, 3.63) is 36.9 Å². The summed E-state index contributed by atoms with van der Waals surface area (Å²) in [7, 11) is 4.00. The fourth-order valence-electron chi connectivity index (χ4n) is 2.86. The van der Waals surface area contributed by atoms with Gasteiger partial charge in [0, 0.05) is 12.1 Å². The van der Waals surface area contributed by atoms with E-state index >= 15 is 0 Å². The molecule has 0 spiro atoms. The van der Waals surface area contributed by atoms with E-state index in [1.807, 2.05) is 0 Å². The molecule has 1 fully saturated rings. The average molecular weight is 349 g/mol. The number of ether oxygens (including phenoxy) is 3. The van der Waals surface area contributed by atoms with E-state index in [1.165, 1.54) is 14.2 Å². The number of rotatable bonds is 5. The average Bonchev–Trinajstić information content (AvgIpc) is 2.93. The number of nitrogens with zero attached hydrogens (tertiary/aromatic N) is 1. The van der Waals surface area contributed by atoms with Gasteiger partial charge in [0.2, 0.25) is 5.41 Å². The Morgan fingerprint density at radius 1 is 1.21 bits per heavy atom. The summed E-state index contributed by atoms with van der Waals surface area (Å²) in [5.41, 5.74) is -0.933. The monoisotopic (exact) mass is 349 g/mol. The molecule has 24 heavy (non-hydrogen) atoms. The maximum absolute atomic E-state index is 12.4. The van der Waals surface area contributed by atoms with Crippen LogP contribution in [0.1, 0.15) is 6.42 Å². The van der Waals surface area contributed by atoms with Gasteiger partial charge in [0.1, 0.15) is 10.7 Å². The Bertz CT molecular complexity index is 654. The van der Waals surface area contributed by atoms with E-state index in [0.717, 1.165) is 5.69 Å². The molecule has 0 N–H and O–H groups in total. The van der Waals surface area contributed by atoms with Gasteiger partial charge in [-0.3, -0.25) is 9.59 Å². The Morgan fingerprint density at radius 3 is 2.17 bits per heavy atom. The topological polar surface area (TPSA) is 65.1 Å². The lowest BCUT2D eigenvalue weighted by Gasteiger charge is -2.27. The molecular formula is C17H19NO5S. The minimum absolute atomic E-state index is 0.112. The minimum Gasteiger partial charge on any atom is -0.497 e. The molecule has 0 aromatic heterocycles. The maximum atomic E-state index is 12.4. The number of anilines is 1. The van der Waals surface area contributed by atoms with Gasteiger partial charge in [-0.15, -0.1) is 6.58 Å². The zero-order valence-corrected chi connectivity index (χ0v) is 14.6. The molecule has 1 aromatic rings. The summed E-state index contributed by atoms with van der Waals surface area (Å²) in [6.45, 7) is 3.79. The van der Waals surface area contributed by atoms with Gasteiger partial charge in [0.15, 0.2) is 0 Å². The molecule has 1 aromatic carbocycles. The molecule has 0 bridgehead atoms. The van der Waals surface area contributed by atoms with Crippen molar-refractivity contribution in [2.24, 2.45) is 5.41 Å². The molecule has 128 valence electrons. The Kier molecular flexibility index (Phi) is 5.23. The van der Waals surface area contributed by atoms with Gasteiger partial charge < -0.3 is 19.1 Å². The smallest absolute Gasteiger partial charge is 0.330 e. The summed E-state index contributed by atoms with van der Waals surface area (Å²) < 4.78 is 14.8. The summed E-state index contributed by atoms with van der Waals surface area (Å²) in [4.78, 5) is 26.6. The van der Waals surface area contributed by atoms with E-state index in [9.17, 15) is 9.59 Å². The molecule has 2 rings (SSSR count). The molecule has 0 radical (unpaired) electrons. The van der Waals surface area contributed by atoms with E-state index in [-0.39, 0.29) is 17.5 Å². The molecule has 1 atom stereocenters. The van der Waals surface area contributed by atoms with Crippen molar-refractivity contribution >= 4 is 34.8 Å². The minimum atomic E-state index is -1.66. The van der Waals surface area contributed by atoms with Crippen LogP contribution >= 0.6 is 12.2 Å². The van der Waals surface area contributed by atoms with Gasteiger partial charge in [-0.05, 0) is 24.3 Å². The molecular weight excluding hydrogens is 330 g/mol. The van der Waals surface area contributed by atoms with E-state index < -0.39 is 17.4 Å². The number of carbonyl (C=O) groups excluding carboxylic acids is 2. The summed E-state index contributed by atoms with van der Waals surface area (Å²) >= 11 is 5.49. The van der Waals surface area contributed by atoms with Crippen molar-refractivity contribution in [1.82, 2.24) is 0 Å². The Morgan fingerprint density at radius 2 is 1.75 bits per heavy atom. The van der Waals surface area contributed by atoms with Crippen LogP contribution in [0.5, 0.6) is 5.75 Å². The highest BCUT2D eigenvalue weighted by molar-refractivity contribution is 7.81. The van der Waals surface area contributed by atoms with Gasteiger partial charge in [-0.2, -0.15) is 0 Å². The first-order valence-corrected chi connectivity index (χ1v) is 7.64. The van der Waals surface area contributed by atoms with Crippen LogP contribution in [0.4, 0.5) is 5.69 Å². The molecule has 7 heteroatoms. The van der Waals surface area contributed by atoms with Gasteiger partial charge >= 0.3 is 11.9 Å². The molecule has 6 nitrogen and oxygen atoms in total. The number of thiocarbonyl (C=S) groups is 1. The van der Waals surface area contributed by atoms with Crippen molar-refractivity contribution < 1.29 is 23.8 Å². The maximum Gasteiger partial charge on any atom is 0.330 e. The Labute approximate surface area is 146 Å². The van der Waals surface area contributed by atoms with Crippen LogP contribution in [-0.2, 0) is 19.1 Å². The Hall–Kier alpha value is -2.41. The highest BCUT2D eigenvalue weighted by Crippen LogP contribution is 2.42. The summed E-state index contributed by atoms with van der Waals surface area (Å²) in [5.74, 6) is -0.782. The number of esters is 2. The second-order valence-electron chi connectivity index (χ2n) is 5.27. The lowest BCUT2D eigenvalue weighted by Crippen LogP contribution is -2.47. The lowest BCUT2D eigenvalue weighted by molar-refractivity contribution is -0.163.